The van der Waals surface area contributed by atoms with E-state index in [4.69, 9.17) is 9.47 Å². The number of methoxy groups -OCH3 is 1. The smallest absolute Gasteiger partial charge is 0.328 e. The molecule has 7 nitrogen and oxygen atoms in total. The molecule has 1 heterocycles. The van der Waals surface area contributed by atoms with Gasteiger partial charge in [-0.15, -0.1) is 11.3 Å². The minimum atomic E-state index is -0.873. The van der Waals surface area contributed by atoms with Crippen molar-refractivity contribution < 1.29 is 23.9 Å². The van der Waals surface area contributed by atoms with E-state index in [1.165, 1.54) is 17.9 Å². The lowest BCUT2D eigenvalue weighted by molar-refractivity contribution is -0.150. The van der Waals surface area contributed by atoms with Crippen molar-refractivity contribution in [2.45, 2.75) is 19.4 Å². The van der Waals surface area contributed by atoms with Gasteiger partial charge in [-0.1, -0.05) is 18.2 Å². The predicted molar refractivity (Wildman–Crippen MR) is 112 cm³/mol. The molecule has 0 aliphatic heterocycles. The largest absolute Gasteiger partial charge is 0.497 e. The van der Waals surface area contributed by atoms with E-state index in [0.717, 1.165) is 17.7 Å². The van der Waals surface area contributed by atoms with Crippen LogP contribution in [0, 0.1) is 0 Å². The average molecular weight is 416 g/mol. The lowest BCUT2D eigenvalue weighted by Gasteiger charge is -2.12. The minimum absolute atomic E-state index is 0.382. The van der Waals surface area contributed by atoms with Crippen molar-refractivity contribution in [1.82, 2.24) is 10.6 Å². The molecular weight excluding hydrogens is 392 g/mol. The van der Waals surface area contributed by atoms with Crippen LogP contribution in [-0.4, -0.2) is 44.1 Å². The van der Waals surface area contributed by atoms with Gasteiger partial charge in [-0.25, -0.2) is 4.79 Å². The van der Waals surface area contributed by atoms with Crippen molar-refractivity contribution in [2.75, 3.05) is 20.3 Å². The third kappa shape index (κ3) is 8.18. The maximum atomic E-state index is 11.9. The quantitative estimate of drug-likeness (QED) is 0.457. The minimum Gasteiger partial charge on any atom is -0.497 e. The summed E-state index contributed by atoms with van der Waals surface area (Å²) < 4.78 is 10.0. The summed E-state index contributed by atoms with van der Waals surface area (Å²) in [6.45, 7) is 1.58. The van der Waals surface area contributed by atoms with E-state index >= 15 is 0 Å². The lowest BCUT2D eigenvalue weighted by atomic mass is 10.2. The fourth-order valence-electron chi connectivity index (χ4n) is 2.30. The topological polar surface area (TPSA) is 93.7 Å². The molecule has 0 radical (unpaired) electrons. The van der Waals surface area contributed by atoms with Crippen LogP contribution in [-0.2, 0) is 25.5 Å². The molecule has 2 aromatic rings. The van der Waals surface area contributed by atoms with Gasteiger partial charge in [0.05, 0.1) is 7.11 Å². The number of ether oxygens (including phenoxy) is 2. The monoisotopic (exact) mass is 416 g/mol. The third-order valence-electron chi connectivity index (χ3n) is 3.87. The van der Waals surface area contributed by atoms with Crippen LogP contribution in [0.25, 0.3) is 6.08 Å². The van der Waals surface area contributed by atoms with Crippen molar-refractivity contribution in [2.24, 2.45) is 0 Å². The normalized spacial score (nSPS) is 11.7. The Hall–Kier alpha value is -3.13. The molecule has 1 aromatic heterocycles. The molecule has 1 atom stereocenters. The van der Waals surface area contributed by atoms with Gasteiger partial charge in [0, 0.05) is 17.5 Å². The first-order chi connectivity index (χ1) is 14.0. The summed E-state index contributed by atoms with van der Waals surface area (Å²) in [4.78, 5) is 36.8. The maximum Gasteiger partial charge on any atom is 0.328 e. The van der Waals surface area contributed by atoms with Crippen LogP contribution in [0.2, 0.25) is 0 Å². The van der Waals surface area contributed by atoms with E-state index in [-0.39, 0.29) is 12.5 Å². The second kappa shape index (κ2) is 11.7. The molecule has 0 bridgehead atoms. The predicted octanol–water partition coefficient (Wildman–Crippen LogP) is 2.18. The van der Waals surface area contributed by atoms with Gasteiger partial charge in [0.1, 0.15) is 11.8 Å². The lowest BCUT2D eigenvalue weighted by Crippen LogP contribution is -2.40. The first-order valence-corrected chi connectivity index (χ1v) is 9.94. The fraction of sp³-hybridized carbons (Fsp3) is 0.286. The molecule has 0 saturated heterocycles. The van der Waals surface area contributed by atoms with Gasteiger partial charge in [0.25, 0.3) is 5.91 Å². The summed E-state index contributed by atoms with van der Waals surface area (Å²) in [6.07, 6.45) is 3.67. The average Bonchev–Trinajstić information content (AvgIpc) is 3.24. The molecule has 1 aromatic carbocycles. The molecule has 0 aliphatic rings. The number of amides is 2. The van der Waals surface area contributed by atoms with Crippen LogP contribution in [0.1, 0.15) is 17.4 Å². The van der Waals surface area contributed by atoms with Gasteiger partial charge in [-0.2, -0.15) is 0 Å². The van der Waals surface area contributed by atoms with Crippen LogP contribution >= 0.6 is 11.3 Å². The van der Waals surface area contributed by atoms with Crippen molar-refractivity contribution in [3.8, 4) is 5.75 Å². The standard InChI is InChI=1S/C21H24N2O5S/c1-15(23-19(24)10-7-16-5-8-17(27-2)9-6-16)21(26)28-14-20(25)22-12-11-18-4-3-13-29-18/h3-10,13,15H,11-12,14H2,1-2H3,(H,22,25)(H,23,24)/b10-7+/t15-/m0/s1. The van der Waals surface area contributed by atoms with Crippen LogP contribution < -0.4 is 15.4 Å². The molecule has 0 aliphatic carbocycles. The molecule has 0 saturated carbocycles. The molecule has 8 heteroatoms. The highest BCUT2D eigenvalue weighted by Crippen LogP contribution is 2.12. The number of hydrogen-bond donors (Lipinski definition) is 2. The Morgan fingerprint density at radius 3 is 2.59 bits per heavy atom. The summed E-state index contributed by atoms with van der Waals surface area (Å²) in [5, 5.41) is 7.16. The Morgan fingerprint density at radius 2 is 1.93 bits per heavy atom. The second-order valence-corrected chi connectivity index (χ2v) is 7.16. The molecule has 154 valence electrons. The fourth-order valence-corrected chi connectivity index (χ4v) is 3.01. The summed E-state index contributed by atoms with van der Waals surface area (Å²) >= 11 is 1.62. The number of carbonyl (C=O) groups excluding carboxylic acids is 3. The Kier molecular flexibility index (Phi) is 8.91. The molecular formula is C21H24N2O5S. The number of hydrogen-bond acceptors (Lipinski definition) is 6. The number of carbonyl (C=O) groups is 3. The number of esters is 1. The Bertz CT molecular complexity index is 831. The van der Waals surface area contributed by atoms with Gasteiger partial charge < -0.3 is 20.1 Å². The van der Waals surface area contributed by atoms with Gasteiger partial charge in [-0.05, 0) is 48.6 Å². The van der Waals surface area contributed by atoms with E-state index in [9.17, 15) is 14.4 Å². The van der Waals surface area contributed by atoms with Crippen molar-refractivity contribution >= 4 is 35.2 Å². The van der Waals surface area contributed by atoms with Crippen LogP contribution in [0.15, 0.2) is 47.9 Å². The Morgan fingerprint density at radius 1 is 1.17 bits per heavy atom. The second-order valence-electron chi connectivity index (χ2n) is 6.12. The Labute approximate surface area is 173 Å². The van der Waals surface area contributed by atoms with E-state index in [2.05, 4.69) is 10.6 Å². The van der Waals surface area contributed by atoms with Crippen LogP contribution in [0.5, 0.6) is 5.75 Å². The van der Waals surface area contributed by atoms with Crippen molar-refractivity contribution in [3.05, 3.63) is 58.3 Å². The number of rotatable bonds is 10. The maximum absolute atomic E-state index is 11.9. The molecule has 29 heavy (non-hydrogen) atoms. The van der Waals surface area contributed by atoms with Crippen LogP contribution in [0.4, 0.5) is 0 Å². The first-order valence-electron chi connectivity index (χ1n) is 9.06. The third-order valence-corrected chi connectivity index (χ3v) is 4.81. The van der Waals surface area contributed by atoms with Gasteiger partial charge >= 0.3 is 5.97 Å². The van der Waals surface area contributed by atoms with Gasteiger partial charge in [0.15, 0.2) is 6.61 Å². The Balaban J connectivity index is 1.66. The van der Waals surface area contributed by atoms with E-state index in [1.807, 2.05) is 17.5 Å². The zero-order chi connectivity index (χ0) is 21.1. The number of thiophene rings is 1. The summed E-state index contributed by atoms with van der Waals surface area (Å²) in [5.74, 6) is -0.776. The van der Waals surface area contributed by atoms with E-state index < -0.39 is 17.9 Å². The SMILES string of the molecule is COc1ccc(/C=C/C(=O)N[C@@H](C)C(=O)OCC(=O)NCCc2cccs2)cc1. The van der Waals surface area contributed by atoms with Gasteiger partial charge in [0.2, 0.25) is 5.91 Å². The van der Waals surface area contributed by atoms with Gasteiger partial charge in [-0.3, -0.25) is 9.59 Å². The first kappa shape index (κ1) is 22.2. The summed E-state index contributed by atoms with van der Waals surface area (Å²) in [6, 6.07) is 10.2. The summed E-state index contributed by atoms with van der Waals surface area (Å²) in [5.41, 5.74) is 0.815. The number of benzene rings is 1. The molecule has 2 rings (SSSR count). The molecule has 0 unspecified atom stereocenters. The van der Waals surface area contributed by atoms with Crippen molar-refractivity contribution in [1.29, 1.82) is 0 Å². The van der Waals surface area contributed by atoms with Crippen LogP contribution in [0.3, 0.4) is 0 Å². The highest BCUT2D eigenvalue weighted by atomic mass is 32.1. The molecule has 2 amide bonds. The zero-order valence-corrected chi connectivity index (χ0v) is 17.2. The molecule has 2 N–H and O–H groups in total. The summed E-state index contributed by atoms with van der Waals surface area (Å²) in [7, 11) is 1.58. The van der Waals surface area contributed by atoms with E-state index in [0.29, 0.717) is 6.54 Å². The van der Waals surface area contributed by atoms with Crippen molar-refractivity contribution in [3.63, 3.8) is 0 Å². The molecule has 0 fully saturated rings. The molecule has 0 spiro atoms. The van der Waals surface area contributed by atoms with E-state index in [1.54, 1.807) is 48.8 Å². The highest BCUT2D eigenvalue weighted by Gasteiger charge is 2.17. The highest BCUT2D eigenvalue weighted by molar-refractivity contribution is 7.09. The number of nitrogens with one attached hydrogen (secondary N) is 2. The zero-order valence-electron chi connectivity index (χ0n) is 16.3.